The van der Waals surface area contributed by atoms with Gasteiger partial charge in [0.15, 0.2) is 0 Å². The standard InChI is InChI=1S/C9H19N3O2S/c1-4-7-9(8-10)11-15(13,14)12(5-2)6-3/h9,11H,4-7H2,1-3H3. The summed E-state index contributed by atoms with van der Waals surface area (Å²) in [5.41, 5.74) is 0. The van der Waals surface area contributed by atoms with Gasteiger partial charge in [-0.05, 0) is 6.42 Å². The zero-order valence-corrected chi connectivity index (χ0v) is 10.3. The van der Waals surface area contributed by atoms with Crippen molar-refractivity contribution in [2.24, 2.45) is 0 Å². The van der Waals surface area contributed by atoms with Gasteiger partial charge in [-0.3, -0.25) is 0 Å². The van der Waals surface area contributed by atoms with E-state index in [-0.39, 0.29) is 0 Å². The SMILES string of the molecule is CCCC(C#N)NS(=O)(=O)N(CC)CC. The monoisotopic (exact) mass is 233 g/mol. The van der Waals surface area contributed by atoms with Crippen molar-refractivity contribution in [1.82, 2.24) is 9.03 Å². The van der Waals surface area contributed by atoms with Crippen LogP contribution in [0.25, 0.3) is 0 Å². The molecule has 0 amide bonds. The fraction of sp³-hybridized carbons (Fsp3) is 0.889. The van der Waals surface area contributed by atoms with E-state index in [1.54, 1.807) is 13.8 Å². The van der Waals surface area contributed by atoms with Gasteiger partial charge in [0.2, 0.25) is 0 Å². The van der Waals surface area contributed by atoms with Gasteiger partial charge in [0.05, 0.1) is 6.07 Å². The smallest absolute Gasteiger partial charge is 0.197 e. The number of hydrogen-bond acceptors (Lipinski definition) is 3. The van der Waals surface area contributed by atoms with Gasteiger partial charge in [-0.15, -0.1) is 0 Å². The Hall–Kier alpha value is -0.640. The predicted molar refractivity (Wildman–Crippen MR) is 59.3 cm³/mol. The van der Waals surface area contributed by atoms with Gasteiger partial charge in [0.1, 0.15) is 6.04 Å². The van der Waals surface area contributed by atoms with Gasteiger partial charge in [-0.2, -0.15) is 22.7 Å². The lowest BCUT2D eigenvalue weighted by Crippen LogP contribution is -2.44. The van der Waals surface area contributed by atoms with Crippen LogP contribution in [0.4, 0.5) is 0 Å². The lowest BCUT2D eigenvalue weighted by Gasteiger charge is -2.20. The Kier molecular flexibility index (Phi) is 6.48. The van der Waals surface area contributed by atoms with E-state index in [1.165, 1.54) is 4.31 Å². The average molecular weight is 233 g/mol. The largest absolute Gasteiger partial charge is 0.280 e. The van der Waals surface area contributed by atoms with E-state index in [1.807, 2.05) is 13.0 Å². The molecule has 15 heavy (non-hydrogen) atoms. The van der Waals surface area contributed by atoms with Crippen LogP contribution in [0.2, 0.25) is 0 Å². The van der Waals surface area contributed by atoms with Gasteiger partial charge in [-0.25, -0.2) is 0 Å². The Morgan fingerprint density at radius 3 is 2.20 bits per heavy atom. The summed E-state index contributed by atoms with van der Waals surface area (Å²) in [6.07, 6.45) is 1.32. The molecule has 0 fully saturated rings. The van der Waals surface area contributed by atoms with Crippen molar-refractivity contribution >= 4 is 10.2 Å². The van der Waals surface area contributed by atoms with Gasteiger partial charge in [0, 0.05) is 13.1 Å². The first-order valence-electron chi connectivity index (χ1n) is 5.18. The zero-order chi connectivity index (χ0) is 11.9. The zero-order valence-electron chi connectivity index (χ0n) is 9.52. The molecule has 0 radical (unpaired) electrons. The summed E-state index contributed by atoms with van der Waals surface area (Å²) in [4.78, 5) is 0. The highest BCUT2D eigenvalue weighted by molar-refractivity contribution is 7.87. The van der Waals surface area contributed by atoms with Gasteiger partial charge < -0.3 is 0 Å². The maximum absolute atomic E-state index is 11.7. The van der Waals surface area contributed by atoms with Crippen LogP contribution in [0.5, 0.6) is 0 Å². The summed E-state index contributed by atoms with van der Waals surface area (Å²) in [7, 11) is -3.50. The molecule has 1 N–H and O–H groups in total. The molecule has 0 aromatic rings. The van der Waals surface area contributed by atoms with Crippen LogP contribution in [-0.2, 0) is 10.2 Å². The van der Waals surface area contributed by atoms with Crippen molar-refractivity contribution in [3.63, 3.8) is 0 Å². The van der Waals surface area contributed by atoms with Gasteiger partial charge in [0.25, 0.3) is 10.2 Å². The molecule has 1 unspecified atom stereocenters. The normalized spacial score (nSPS) is 13.8. The first kappa shape index (κ1) is 14.4. The number of nitrogens with zero attached hydrogens (tertiary/aromatic N) is 2. The van der Waals surface area contributed by atoms with E-state index < -0.39 is 16.3 Å². The first-order chi connectivity index (χ1) is 7.01. The summed E-state index contributed by atoms with van der Waals surface area (Å²) in [5, 5.41) is 8.75. The Bertz CT molecular complexity index is 304. The molecule has 0 spiro atoms. The minimum absolute atomic E-state index is 0.413. The summed E-state index contributed by atoms with van der Waals surface area (Å²) in [6.45, 7) is 6.27. The van der Waals surface area contributed by atoms with E-state index in [9.17, 15) is 8.42 Å². The highest BCUT2D eigenvalue weighted by atomic mass is 32.2. The summed E-state index contributed by atoms with van der Waals surface area (Å²) >= 11 is 0. The van der Waals surface area contributed by atoms with Crippen LogP contribution in [0.15, 0.2) is 0 Å². The quantitative estimate of drug-likeness (QED) is 0.708. The molecular formula is C9H19N3O2S. The lowest BCUT2D eigenvalue weighted by atomic mass is 10.2. The van der Waals surface area contributed by atoms with Gasteiger partial charge in [-0.1, -0.05) is 27.2 Å². The minimum Gasteiger partial charge on any atom is -0.197 e. The molecular weight excluding hydrogens is 214 g/mol. The third-order valence-electron chi connectivity index (χ3n) is 2.07. The fourth-order valence-corrected chi connectivity index (χ4v) is 2.62. The molecule has 0 aliphatic carbocycles. The molecule has 1 atom stereocenters. The van der Waals surface area contributed by atoms with Crippen LogP contribution in [-0.4, -0.2) is 31.9 Å². The Balaban J connectivity index is 4.55. The second-order valence-electron chi connectivity index (χ2n) is 3.18. The second-order valence-corrected chi connectivity index (χ2v) is 4.88. The summed E-state index contributed by atoms with van der Waals surface area (Å²) in [6, 6.07) is 1.32. The van der Waals surface area contributed by atoms with E-state index in [4.69, 9.17) is 5.26 Å². The Morgan fingerprint density at radius 1 is 1.33 bits per heavy atom. The summed E-state index contributed by atoms with van der Waals surface area (Å²) in [5.74, 6) is 0. The molecule has 5 nitrogen and oxygen atoms in total. The second kappa shape index (κ2) is 6.77. The fourth-order valence-electron chi connectivity index (χ4n) is 1.26. The molecule has 6 heteroatoms. The average Bonchev–Trinajstić information content (AvgIpc) is 2.18. The molecule has 0 aromatic heterocycles. The van der Waals surface area contributed by atoms with Crippen molar-refractivity contribution < 1.29 is 8.42 Å². The van der Waals surface area contributed by atoms with Crippen LogP contribution in [0.1, 0.15) is 33.6 Å². The van der Waals surface area contributed by atoms with Crippen LogP contribution >= 0.6 is 0 Å². The van der Waals surface area contributed by atoms with Crippen molar-refractivity contribution in [1.29, 1.82) is 5.26 Å². The summed E-state index contributed by atoms with van der Waals surface area (Å²) < 4.78 is 27.1. The molecule has 0 saturated carbocycles. The molecule has 0 heterocycles. The van der Waals surface area contributed by atoms with Crippen molar-refractivity contribution in [2.45, 2.75) is 39.7 Å². The van der Waals surface area contributed by atoms with Crippen LogP contribution < -0.4 is 4.72 Å². The minimum atomic E-state index is -3.50. The molecule has 0 saturated heterocycles. The predicted octanol–water partition coefficient (Wildman–Crippen LogP) is 0.855. The molecule has 0 bridgehead atoms. The van der Waals surface area contributed by atoms with Crippen LogP contribution in [0.3, 0.4) is 0 Å². The van der Waals surface area contributed by atoms with E-state index >= 15 is 0 Å². The maximum Gasteiger partial charge on any atom is 0.280 e. The molecule has 0 aromatic carbocycles. The van der Waals surface area contributed by atoms with Gasteiger partial charge >= 0.3 is 0 Å². The lowest BCUT2D eigenvalue weighted by molar-refractivity contribution is 0.429. The maximum atomic E-state index is 11.7. The van der Waals surface area contributed by atoms with Crippen molar-refractivity contribution in [3.05, 3.63) is 0 Å². The number of rotatable bonds is 7. The highest BCUT2D eigenvalue weighted by Crippen LogP contribution is 2.02. The number of nitrogens with one attached hydrogen (secondary N) is 1. The molecule has 0 aliphatic rings. The van der Waals surface area contributed by atoms with Crippen molar-refractivity contribution in [3.8, 4) is 6.07 Å². The van der Waals surface area contributed by atoms with E-state index in [0.29, 0.717) is 19.5 Å². The first-order valence-corrected chi connectivity index (χ1v) is 6.62. The Labute approximate surface area is 92.3 Å². The number of nitriles is 1. The van der Waals surface area contributed by atoms with Crippen molar-refractivity contribution in [2.75, 3.05) is 13.1 Å². The third kappa shape index (κ3) is 4.60. The Morgan fingerprint density at radius 2 is 1.87 bits per heavy atom. The highest BCUT2D eigenvalue weighted by Gasteiger charge is 2.22. The molecule has 88 valence electrons. The molecule has 0 rings (SSSR count). The topological polar surface area (TPSA) is 73.2 Å². The number of hydrogen-bond donors (Lipinski definition) is 1. The molecule has 0 aliphatic heterocycles. The van der Waals surface area contributed by atoms with E-state index in [0.717, 1.165) is 6.42 Å². The van der Waals surface area contributed by atoms with E-state index in [2.05, 4.69) is 4.72 Å². The third-order valence-corrected chi connectivity index (χ3v) is 3.85. The van der Waals surface area contributed by atoms with Crippen LogP contribution in [0, 0.1) is 11.3 Å².